The van der Waals surface area contributed by atoms with E-state index in [0.29, 0.717) is 25.1 Å². The summed E-state index contributed by atoms with van der Waals surface area (Å²) in [6, 6.07) is 9.80. The van der Waals surface area contributed by atoms with Crippen molar-refractivity contribution in [1.29, 1.82) is 0 Å². The number of hydrogen-bond acceptors (Lipinski definition) is 2. The molecule has 0 aromatic heterocycles. The molecule has 2 aromatic rings. The van der Waals surface area contributed by atoms with Crippen LogP contribution in [0.25, 0.3) is 0 Å². The number of halogens is 3. The van der Waals surface area contributed by atoms with Gasteiger partial charge in [0, 0.05) is 26.1 Å². The molecule has 0 atom stereocenters. The summed E-state index contributed by atoms with van der Waals surface area (Å²) in [5.74, 6) is -2.28. The highest BCUT2D eigenvalue weighted by Crippen LogP contribution is 2.13. The van der Waals surface area contributed by atoms with Crippen LogP contribution in [0.5, 0.6) is 0 Å². The first-order valence-electron chi connectivity index (χ1n) is 8.46. The minimum atomic E-state index is -0.928. The van der Waals surface area contributed by atoms with Crippen molar-refractivity contribution in [1.82, 2.24) is 9.80 Å². The van der Waals surface area contributed by atoms with E-state index in [1.54, 1.807) is 17.0 Å². The standard InChI is InChI=1S/C20H23F3N2O/c1-24(2)10-11-25(14-16-6-8-18(22)19(23)13-16)20(26)9-7-15-4-3-5-17(21)12-15/h3-6,8,12-13H,7,9-11,14H2,1-2H3. The molecule has 1 amide bonds. The first kappa shape index (κ1) is 20.0. The van der Waals surface area contributed by atoms with Gasteiger partial charge in [-0.05, 0) is 55.9 Å². The van der Waals surface area contributed by atoms with Gasteiger partial charge in [-0.1, -0.05) is 18.2 Å². The molecule has 0 heterocycles. The summed E-state index contributed by atoms with van der Waals surface area (Å²) < 4.78 is 39.8. The fraction of sp³-hybridized carbons (Fsp3) is 0.350. The van der Waals surface area contributed by atoms with E-state index in [-0.39, 0.29) is 24.7 Å². The predicted molar refractivity (Wildman–Crippen MR) is 95.1 cm³/mol. The minimum Gasteiger partial charge on any atom is -0.337 e. The normalized spacial score (nSPS) is 11.0. The van der Waals surface area contributed by atoms with Crippen molar-refractivity contribution in [3.63, 3.8) is 0 Å². The Balaban J connectivity index is 2.04. The highest BCUT2D eigenvalue weighted by atomic mass is 19.2. The molecule has 0 aliphatic heterocycles. The Morgan fingerprint density at radius 2 is 1.69 bits per heavy atom. The summed E-state index contributed by atoms with van der Waals surface area (Å²) in [6.07, 6.45) is 0.646. The summed E-state index contributed by atoms with van der Waals surface area (Å²) in [6.45, 7) is 1.32. The fourth-order valence-electron chi connectivity index (χ4n) is 2.57. The first-order valence-corrected chi connectivity index (χ1v) is 8.46. The molecule has 0 unspecified atom stereocenters. The van der Waals surface area contributed by atoms with Gasteiger partial charge in [0.1, 0.15) is 5.82 Å². The SMILES string of the molecule is CN(C)CCN(Cc1ccc(F)c(F)c1)C(=O)CCc1cccc(F)c1. The van der Waals surface area contributed by atoms with Crippen molar-refractivity contribution in [3.8, 4) is 0 Å². The Morgan fingerprint density at radius 1 is 0.923 bits per heavy atom. The van der Waals surface area contributed by atoms with Gasteiger partial charge in [-0.3, -0.25) is 4.79 Å². The van der Waals surface area contributed by atoms with Crippen LogP contribution in [-0.4, -0.2) is 42.9 Å². The molecule has 2 aromatic carbocycles. The molecule has 0 bridgehead atoms. The van der Waals surface area contributed by atoms with Crippen molar-refractivity contribution in [2.24, 2.45) is 0 Å². The molecule has 0 N–H and O–H groups in total. The Hall–Kier alpha value is -2.34. The highest BCUT2D eigenvalue weighted by Gasteiger charge is 2.15. The average Bonchev–Trinajstić information content (AvgIpc) is 2.59. The third-order valence-corrected chi connectivity index (χ3v) is 4.04. The van der Waals surface area contributed by atoms with E-state index in [1.165, 1.54) is 18.2 Å². The van der Waals surface area contributed by atoms with E-state index in [2.05, 4.69) is 0 Å². The number of nitrogens with zero attached hydrogens (tertiary/aromatic N) is 2. The second-order valence-corrected chi connectivity index (χ2v) is 6.50. The van der Waals surface area contributed by atoms with Gasteiger partial charge in [0.25, 0.3) is 0 Å². The lowest BCUT2D eigenvalue weighted by Crippen LogP contribution is -2.36. The molecule has 0 fully saturated rings. The second-order valence-electron chi connectivity index (χ2n) is 6.50. The Labute approximate surface area is 152 Å². The Morgan fingerprint density at radius 3 is 2.35 bits per heavy atom. The summed E-state index contributed by atoms with van der Waals surface area (Å²) in [5.41, 5.74) is 1.28. The number of amides is 1. The van der Waals surface area contributed by atoms with Crippen molar-refractivity contribution in [3.05, 3.63) is 71.0 Å². The van der Waals surface area contributed by atoms with Crippen molar-refractivity contribution in [2.45, 2.75) is 19.4 Å². The molecule has 140 valence electrons. The third-order valence-electron chi connectivity index (χ3n) is 4.04. The molecule has 0 saturated carbocycles. The van der Waals surface area contributed by atoms with Gasteiger partial charge in [0.15, 0.2) is 11.6 Å². The molecule has 0 saturated heterocycles. The predicted octanol–water partition coefficient (Wildman–Crippen LogP) is 3.63. The van der Waals surface area contributed by atoms with Gasteiger partial charge < -0.3 is 9.80 Å². The molecule has 26 heavy (non-hydrogen) atoms. The number of hydrogen-bond donors (Lipinski definition) is 0. The zero-order valence-electron chi connectivity index (χ0n) is 15.0. The van der Waals surface area contributed by atoms with Crippen LogP contribution in [0.15, 0.2) is 42.5 Å². The van der Waals surface area contributed by atoms with E-state index >= 15 is 0 Å². The summed E-state index contributed by atoms with van der Waals surface area (Å²) >= 11 is 0. The molecular weight excluding hydrogens is 341 g/mol. The smallest absolute Gasteiger partial charge is 0.223 e. The molecule has 3 nitrogen and oxygen atoms in total. The topological polar surface area (TPSA) is 23.6 Å². The number of rotatable bonds is 8. The van der Waals surface area contributed by atoms with E-state index < -0.39 is 11.6 Å². The van der Waals surface area contributed by atoms with Crippen LogP contribution in [0.3, 0.4) is 0 Å². The van der Waals surface area contributed by atoms with Crippen LogP contribution in [0.2, 0.25) is 0 Å². The van der Waals surface area contributed by atoms with E-state index in [9.17, 15) is 18.0 Å². The summed E-state index contributed by atoms with van der Waals surface area (Å²) in [7, 11) is 3.79. The van der Waals surface area contributed by atoms with Crippen LogP contribution in [-0.2, 0) is 17.8 Å². The molecule has 0 spiro atoms. The van der Waals surface area contributed by atoms with Crippen LogP contribution in [0.1, 0.15) is 17.5 Å². The van der Waals surface area contributed by atoms with Gasteiger partial charge in [-0.15, -0.1) is 0 Å². The average molecular weight is 364 g/mol. The lowest BCUT2D eigenvalue weighted by Gasteiger charge is -2.25. The summed E-state index contributed by atoms with van der Waals surface area (Å²) in [4.78, 5) is 16.2. The van der Waals surface area contributed by atoms with Gasteiger partial charge in [-0.25, -0.2) is 13.2 Å². The molecular formula is C20H23F3N2O. The maximum Gasteiger partial charge on any atom is 0.223 e. The zero-order valence-corrected chi connectivity index (χ0v) is 15.0. The van der Waals surface area contributed by atoms with E-state index in [4.69, 9.17) is 0 Å². The van der Waals surface area contributed by atoms with E-state index in [1.807, 2.05) is 19.0 Å². The summed E-state index contributed by atoms with van der Waals surface area (Å²) in [5, 5.41) is 0. The number of benzene rings is 2. The molecule has 0 aliphatic carbocycles. The lowest BCUT2D eigenvalue weighted by atomic mass is 10.1. The van der Waals surface area contributed by atoms with Crippen LogP contribution in [0, 0.1) is 17.5 Å². The fourth-order valence-corrected chi connectivity index (χ4v) is 2.57. The first-order chi connectivity index (χ1) is 12.3. The lowest BCUT2D eigenvalue weighted by molar-refractivity contribution is -0.132. The maximum absolute atomic E-state index is 13.4. The molecule has 0 aliphatic rings. The van der Waals surface area contributed by atoms with Crippen LogP contribution in [0.4, 0.5) is 13.2 Å². The van der Waals surface area contributed by atoms with Crippen LogP contribution >= 0.6 is 0 Å². The zero-order chi connectivity index (χ0) is 19.1. The van der Waals surface area contributed by atoms with Gasteiger partial charge in [0.05, 0.1) is 0 Å². The van der Waals surface area contributed by atoms with Crippen LogP contribution < -0.4 is 0 Å². The van der Waals surface area contributed by atoms with Gasteiger partial charge in [-0.2, -0.15) is 0 Å². The molecule has 0 radical (unpaired) electrons. The van der Waals surface area contributed by atoms with E-state index in [0.717, 1.165) is 17.7 Å². The number of aryl methyl sites for hydroxylation is 1. The monoisotopic (exact) mass is 364 g/mol. The molecule has 6 heteroatoms. The van der Waals surface area contributed by atoms with Gasteiger partial charge >= 0.3 is 0 Å². The largest absolute Gasteiger partial charge is 0.337 e. The number of carbonyl (C=O) groups excluding carboxylic acids is 1. The third kappa shape index (κ3) is 6.19. The van der Waals surface area contributed by atoms with Crippen molar-refractivity contribution in [2.75, 3.05) is 27.2 Å². The Bertz CT molecular complexity index is 750. The van der Waals surface area contributed by atoms with Crippen molar-refractivity contribution >= 4 is 5.91 Å². The maximum atomic E-state index is 13.4. The van der Waals surface area contributed by atoms with Gasteiger partial charge in [0.2, 0.25) is 5.91 Å². The molecule has 2 rings (SSSR count). The van der Waals surface area contributed by atoms with Crippen molar-refractivity contribution < 1.29 is 18.0 Å². The number of carbonyl (C=O) groups is 1. The minimum absolute atomic E-state index is 0.110. The highest BCUT2D eigenvalue weighted by molar-refractivity contribution is 5.76. The Kier molecular flexibility index (Phi) is 7.21. The second kappa shape index (κ2) is 9.38. The number of likely N-dealkylation sites (N-methyl/N-ethyl adjacent to an activating group) is 1. The quantitative estimate of drug-likeness (QED) is 0.714.